The summed E-state index contributed by atoms with van der Waals surface area (Å²) < 4.78 is 11.4. The van der Waals surface area contributed by atoms with Gasteiger partial charge in [0.15, 0.2) is 0 Å². The van der Waals surface area contributed by atoms with Crippen LogP contribution in [0.5, 0.6) is 0 Å². The molecule has 0 radical (unpaired) electrons. The Balaban J connectivity index is 1.83. The van der Waals surface area contributed by atoms with Crippen LogP contribution in [-0.4, -0.2) is 29.4 Å². The van der Waals surface area contributed by atoms with Crippen LogP contribution in [0.3, 0.4) is 0 Å². The third kappa shape index (κ3) is 3.29. The molecule has 0 spiro atoms. The van der Waals surface area contributed by atoms with Crippen molar-refractivity contribution >= 4 is 0 Å². The van der Waals surface area contributed by atoms with Gasteiger partial charge in [0.05, 0.1) is 0 Å². The van der Waals surface area contributed by atoms with Crippen LogP contribution in [0.4, 0.5) is 0 Å². The van der Waals surface area contributed by atoms with Crippen LogP contribution in [0.1, 0.15) is 51.8 Å². The summed E-state index contributed by atoms with van der Waals surface area (Å²) in [6, 6.07) is 0.522. The highest BCUT2D eigenvalue weighted by atomic mass is 16.5. The molecule has 1 aromatic rings. The van der Waals surface area contributed by atoms with Gasteiger partial charge in [0.2, 0.25) is 11.8 Å². The van der Waals surface area contributed by atoms with Crippen molar-refractivity contribution in [3.63, 3.8) is 0 Å². The van der Waals surface area contributed by atoms with Gasteiger partial charge in [0, 0.05) is 19.1 Å². The fourth-order valence-electron chi connectivity index (χ4n) is 2.15. The SMILES string of the molecule is CC(C)NCCCc1nnc(C2(C)CCCO2)o1. The second kappa shape index (κ2) is 5.80. The molecule has 0 amide bonds. The maximum Gasteiger partial charge on any atom is 0.247 e. The van der Waals surface area contributed by atoms with E-state index in [4.69, 9.17) is 9.15 Å². The lowest BCUT2D eigenvalue weighted by Gasteiger charge is -2.17. The molecule has 1 fully saturated rings. The van der Waals surface area contributed by atoms with Gasteiger partial charge in [0.25, 0.3) is 0 Å². The molecule has 1 saturated heterocycles. The second-order valence-electron chi connectivity index (χ2n) is 5.40. The summed E-state index contributed by atoms with van der Waals surface area (Å²) in [5.41, 5.74) is -0.360. The van der Waals surface area contributed by atoms with Crippen LogP contribution >= 0.6 is 0 Å². The lowest BCUT2D eigenvalue weighted by atomic mass is 10.0. The number of hydrogen-bond acceptors (Lipinski definition) is 5. The number of hydrogen-bond donors (Lipinski definition) is 1. The first-order valence-electron chi connectivity index (χ1n) is 6.80. The van der Waals surface area contributed by atoms with Gasteiger partial charge in [-0.1, -0.05) is 13.8 Å². The van der Waals surface area contributed by atoms with Gasteiger partial charge >= 0.3 is 0 Å². The zero-order valence-corrected chi connectivity index (χ0v) is 11.5. The summed E-state index contributed by atoms with van der Waals surface area (Å²) >= 11 is 0. The minimum atomic E-state index is -0.360. The summed E-state index contributed by atoms with van der Waals surface area (Å²) in [6.45, 7) is 8.07. The van der Waals surface area contributed by atoms with Crippen LogP contribution in [0, 0.1) is 0 Å². The first kappa shape index (κ1) is 13.5. The Hall–Kier alpha value is -0.940. The van der Waals surface area contributed by atoms with E-state index in [1.165, 1.54) is 0 Å². The minimum Gasteiger partial charge on any atom is -0.422 e. The Morgan fingerprint density at radius 3 is 2.89 bits per heavy atom. The standard InChI is InChI=1S/C13H23N3O2/c1-10(2)14-8-4-6-11-15-16-12(18-11)13(3)7-5-9-17-13/h10,14H,4-9H2,1-3H3. The van der Waals surface area contributed by atoms with Crippen molar-refractivity contribution in [1.29, 1.82) is 0 Å². The van der Waals surface area contributed by atoms with E-state index in [0.717, 1.165) is 38.8 Å². The van der Waals surface area contributed by atoms with Gasteiger partial charge < -0.3 is 14.5 Å². The fourth-order valence-corrected chi connectivity index (χ4v) is 2.15. The molecule has 0 bridgehead atoms. The largest absolute Gasteiger partial charge is 0.422 e. The first-order chi connectivity index (χ1) is 8.60. The highest BCUT2D eigenvalue weighted by Gasteiger charge is 2.37. The van der Waals surface area contributed by atoms with Gasteiger partial charge in [-0.3, -0.25) is 0 Å². The molecular formula is C13H23N3O2. The van der Waals surface area contributed by atoms with Crippen molar-refractivity contribution in [1.82, 2.24) is 15.5 Å². The van der Waals surface area contributed by atoms with Crippen LogP contribution in [0.15, 0.2) is 4.42 Å². The highest BCUT2D eigenvalue weighted by Crippen LogP contribution is 2.34. The number of nitrogens with one attached hydrogen (secondary N) is 1. The van der Waals surface area contributed by atoms with Gasteiger partial charge in [-0.25, -0.2) is 0 Å². The minimum absolute atomic E-state index is 0.360. The molecule has 18 heavy (non-hydrogen) atoms. The Morgan fingerprint density at radius 2 is 2.22 bits per heavy atom. The Bertz CT molecular complexity index is 370. The normalized spacial score (nSPS) is 24.0. The van der Waals surface area contributed by atoms with Gasteiger partial charge in [-0.15, -0.1) is 10.2 Å². The molecule has 2 heterocycles. The molecule has 1 unspecified atom stereocenters. The summed E-state index contributed by atoms with van der Waals surface area (Å²) in [6.07, 6.45) is 3.86. The third-order valence-electron chi connectivity index (χ3n) is 3.26. The quantitative estimate of drug-likeness (QED) is 0.786. The molecule has 1 aliphatic heterocycles. The van der Waals surface area contributed by atoms with Crippen LogP contribution < -0.4 is 5.32 Å². The number of nitrogens with zero attached hydrogens (tertiary/aromatic N) is 2. The fraction of sp³-hybridized carbons (Fsp3) is 0.846. The molecule has 0 saturated carbocycles. The highest BCUT2D eigenvalue weighted by molar-refractivity contribution is 4.98. The van der Waals surface area contributed by atoms with Crippen molar-refractivity contribution in [2.45, 2.75) is 58.1 Å². The molecule has 102 valence electrons. The topological polar surface area (TPSA) is 60.2 Å². The predicted octanol–water partition coefficient (Wildman–Crippen LogP) is 2.03. The van der Waals surface area contributed by atoms with E-state index >= 15 is 0 Å². The smallest absolute Gasteiger partial charge is 0.247 e. The maximum absolute atomic E-state index is 5.70. The average molecular weight is 253 g/mol. The van der Waals surface area contributed by atoms with E-state index in [0.29, 0.717) is 17.8 Å². The molecule has 1 atom stereocenters. The van der Waals surface area contributed by atoms with E-state index in [2.05, 4.69) is 29.4 Å². The van der Waals surface area contributed by atoms with Gasteiger partial charge in [-0.2, -0.15) is 0 Å². The Morgan fingerprint density at radius 1 is 1.39 bits per heavy atom. The Kier molecular flexibility index (Phi) is 4.35. The average Bonchev–Trinajstić information content (AvgIpc) is 2.94. The third-order valence-corrected chi connectivity index (χ3v) is 3.26. The van der Waals surface area contributed by atoms with Crippen molar-refractivity contribution in [3.8, 4) is 0 Å². The van der Waals surface area contributed by atoms with E-state index in [1.807, 2.05) is 6.92 Å². The molecule has 5 heteroatoms. The molecule has 5 nitrogen and oxygen atoms in total. The van der Waals surface area contributed by atoms with Crippen molar-refractivity contribution in [2.24, 2.45) is 0 Å². The monoisotopic (exact) mass is 253 g/mol. The number of aryl methyl sites for hydroxylation is 1. The lowest BCUT2D eigenvalue weighted by Crippen LogP contribution is -2.23. The zero-order valence-electron chi connectivity index (χ0n) is 11.5. The molecule has 0 aromatic carbocycles. The Labute approximate surface area is 108 Å². The predicted molar refractivity (Wildman–Crippen MR) is 68.3 cm³/mol. The van der Waals surface area contributed by atoms with Gasteiger partial charge in [-0.05, 0) is 32.7 Å². The second-order valence-corrected chi connectivity index (χ2v) is 5.40. The first-order valence-corrected chi connectivity index (χ1v) is 6.80. The molecule has 1 N–H and O–H groups in total. The summed E-state index contributed by atoms with van der Waals surface area (Å²) in [7, 11) is 0. The summed E-state index contributed by atoms with van der Waals surface area (Å²) in [5.74, 6) is 1.35. The molecular weight excluding hydrogens is 230 g/mol. The molecule has 1 aromatic heterocycles. The van der Waals surface area contributed by atoms with E-state index < -0.39 is 0 Å². The maximum atomic E-state index is 5.70. The summed E-state index contributed by atoms with van der Waals surface area (Å²) in [4.78, 5) is 0. The van der Waals surface area contributed by atoms with E-state index in [-0.39, 0.29) is 5.60 Å². The molecule has 1 aliphatic rings. The van der Waals surface area contributed by atoms with Gasteiger partial charge in [0.1, 0.15) is 5.60 Å². The van der Waals surface area contributed by atoms with Crippen LogP contribution in [-0.2, 0) is 16.8 Å². The van der Waals surface area contributed by atoms with Crippen molar-refractivity contribution in [2.75, 3.05) is 13.2 Å². The molecule has 2 rings (SSSR count). The van der Waals surface area contributed by atoms with Crippen LogP contribution in [0.25, 0.3) is 0 Å². The number of ether oxygens (including phenoxy) is 1. The lowest BCUT2D eigenvalue weighted by molar-refractivity contribution is -0.00614. The van der Waals surface area contributed by atoms with E-state index in [1.54, 1.807) is 0 Å². The van der Waals surface area contributed by atoms with Crippen molar-refractivity contribution < 1.29 is 9.15 Å². The zero-order chi connectivity index (χ0) is 13.0. The molecule has 0 aliphatic carbocycles. The summed E-state index contributed by atoms with van der Waals surface area (Å²) in [5, 5.41) is 11.6. The van der Waals surface area contributed by atoms with E-state index in [9.17, 15) is 0 Å². The van der Waals surface area contributed by atoms with Crippen LogP contribution in [0.2, 0.25) is 0 Å². The van der Waals surface area contributed by atoms with Crippen molar-refractivity contribution in [3.05, 3.63) is 11.8 Å². The number of aromatic nitrogens is 2. The number of rotatable bonds is 6.